The first-order valence-electron chi connectivity index (χ1n) is 3.62. The van der Waals surface area contributed by atoms with Crippen molar-refractivity contribution in [1.29, 1.82) is 0 Å². The molecule has 0 heterocycles. The van der Waals surface area contributed by atoms with Gasteiger partial charge < -0.3 is 0 Å². The van der Waals surface area contributed by atoms with Crippen molar-refractivity contribution in [3.05, 3.63) is 57.2 Å². The van der Waals surface area contributed by atoms with Gasteiger partial charge in [-0.15, -0.1) is 0 Å². The average molecular weight is 266 g/mol. The molecular formula is C12H21Ru. The summed E-state index contributed by atoms with van der Waals surface area (Å²) >= 11 is 0. The maximum atomic E-state index is 3.44. The molecule has 0 aromatic rings. The standard InChI is InChI=1S/3C4H7.Ru/c3*1-4(2)3;/h3*1-2H2,3H3;/q3*-1;+3. The molecule has 77 valence electrons. The molecule has 0 fully saturated rings. The smallest absolute Gasteiger partial charge is 0.242 e. The van der Waals surface area contributed by atoms with E-state index in [1.54, 1.807) is 0 Å². The first kappa shape index (κ1) is 22.9. The van der Waals surface area contributed by atoms with E-state index in [0.717, 1.165) is 16.7 Å². The summed E-state index contributed by atoms with van der Waals surface area (Å²) in [5, 5.41) is 0. The summed E-state index contributed by atoms with van der Waals surface area (Å²) in [6.45, 7) is 26.2. The minimum Gasteiger partial charge on any atom is -0.242 e. The predicted octanol–water partition coefficient (Wildman–Crippen LogP) is 4.19. The molecule has 0 aliphatic rings. The second kappa shape index (κ2) is 17.5. The van der Waals surface area contributed by atoms with E-state index >= 15 is 0 Å². The van der Waals surface area contributed by atoms with Gasteiger partial charge in [0.25, 0.3) is 0 Å². The van der Waals surface area contributed by atoms with E-state index in [-0.39, 0.29) is 19.5 Å². The fourth-order valence-corrected chi connectivity index (χ4v) is 0. The molecule has 0 spiro atoms. The largest absolute Gasteiger partial charge is 3.00 e. The molecule has 0 saturated carbocycles. The van der Waals surface area contributed by atoms with E-state index in [1.807, 2.05) is 20.8 Å². The second-order valence-corrected chi connectivity index (χ2v) is 2.87. The Morgan fingerprint density at radius 2 is 0.692 bits per heavy atom. The molecule has 0 aliphatic carbocycles. The zero-order valence-electron chi connectivity index (χ0n) is 9.10. The molecule has 1 radical (unpaired) electrons. The van der Waals surface area contributed by atoms with E-state index in [9.17, 15) is 0 Å². The normalized spacial score (nSPS) is 5.77. The van der Waals surface area contributed by atoms with E-state index in [0.29, 0.717) is 0 Å². The van der Waals surface area contributed by atoms with Crippen LogP contribution in [0.2, 0.25) is 0 Å². The van der Waals surface area contributed by atoms with Crippen LogP contribution in [0.5, 0.6) is 0 Å². The third-order valence-corrected chi connectivity index (χ3v) is 0. The van der Waals surface area contributed by atoms with E-state index in [2.05, 4.69) is 40.5 Å². The molecule has 0 atom stereocenters. The molecule has 0 aliphatic heterocycles. The van der Waals surface area contributed by atoms with Crippen molar-refractivity contribution in [2.75, 3.05) is 0 Å². The van der Waals surface area contributed by atoms with Crippen molar-refractivity contribution in [2.24, 2.45) is 0 Å². The molecule has 13 heavy (non-hydrogen) atoms. The molecule has 0 saturated heterocycles. The molecule has 0 aromatic heterocycles. The predicted molar refractivity (Wildman–Crippen MR) is 60.5 cm³/mol. The van der Waals surface area contributed by atoms with Gasteiger partial charge in [-0.3, -0.25) is 0 Å². The zero-order valence-corrected chi connectivity index (χ0v) is 10.8. The summed E-state index contributed by atoms with van der Waals surface area (Å²) in [5.74, 6) is 0. The van der Waals surface area contributed by atoms with Crippen LogP contribution in [0, 0.1) is 20.8 Å². The first-order valence-corrected chi connectivity index (χ1v) is 3.62. The van der Waals surface area contributed by atoms with Crippen LogP contribution in [0.4, 0.5) is 0 Å². The van der Waals surface area contributed by atoms with Crippen molar-refractivity contribution < 1.29 is 19.5 Å². The molecular weight excluding hydrogens is 245 g/mol. The van der Waals surface area contributed by atoms with Crippen LogP contribution in [-0.4, -0.2) is 0 Å². The molecule has 0 nitrogen and oxygen atoms in total. The van der Waals surface area contributed by atoms with Gasteiger partial charge in [-0.1, -0.05) is 20.8 Å². The van der Waals surface area contributed by atoms with Gasteiger partial charge in [0.05, 0.1) is 0 Å². The van der Waals surface area contributed by atoms with Crippen LogP contribution in [0.1, 0.15) is 20.8 Å². The molecule has 0 bridgehead atoms. The molecule has 0 rings (SSSR count). The Balaban J connectivity index is -0.0000000450. The van der Waals surface area contributed by atoms with Crippen LogP contribution in [-0.2, 0) is 19.5 Å². The quantitative estimate of drug-likeness (QED) is 0.455. The van der Waals surface area contributed by atoms with Gasteiger partial charge in [0.1, 0.15) is 0 Å². The van der Waals surface area contributed by atoms with Gasteiger partial charge in [-0.2, -0.15) is 0 Å². The Hall–Kier alpha value is -0.547. The topological polar surface area (TPSA) is 0 Å². The third-order valence-electron chi connectivity index (χ3n) is 0. The van der Waals surface area contributed by atoms with Crippen molar-refractivity contribution in [2.45, 2.75) is 20.8 Å². The zero-order chi connectivity index (χ0) is 10.7. The van der Waals surface area contributed by atoms with Crippen molar-refractivity contribution >= 4 is 0 Å². The minimum atomic E-state index is 0. The van der Waals surface area contributed by atoms with Crippen molar-refractivity contribution in [3.8, 4) is 0 Å². The number of rotatable bonds is 0. The molecule has 1 heteroatoms. The van der Waals surface area contributed by atoms with Gasteiger partial charge in [0.2, 0.25) is 0 Å². The minimum absolute atomic E-state index is 0. The van der Waals surface area contributed by atoms with E-state index < -0.39 is 0 Å². The summed E-state index contributed by atoms with van der Waals surface area (Å²) in [4.78, 5) is 0. The summed E-state index contributed by atoms with van der Waals surface area (Å²) < 4.78 is 0. The van der Waals surface area contributed by atoms with Gasteiger partial charge in [-0.25, -0.2) is 57.2 Å². The maximum absolute atomic E-state index is 3.44. The number of allylic oxidation sites excluding steroid dienone is 3. The van der Waals surface area contributed by atoms with Gasteiger partial charge >= 0.3 is 19.5 Å². The van der Waals surface area contributed by atoms with Gasteiger partial charge in [0.15, 0.2) is 0 Å². The average Bonchev–Trinajstić information content (AvgIpc) is 1.54. The number of hydrogen-bond donors (Lipinski definition) is 0. The Labute approximate surface area is 97.6 Å². The Morgan fingerprint density at radius 3 is 0.692 bits per heavy atom. The van der Waals surface area contributed by atoms with Crippen LogP contribution < -0.4 is 0 Å². The van der Waals surface area contributed by atoms with Gasteiger partial charge in [-0.05, 0) is 0 Å². The van der Waals surface area contributed by atoms with Crippen LogP contribution in [0.15, 0.2) is 36.5 Å². The SMILES string of the molecule is C=C([CH2-])C.C=C([CH2-])C.C=C([CH2-])C.[Ru+3]. The van der Waals surface area contributed by atoms with Crippen LogP contribution in [0.25, 0.3) is 0 Å². The van der Waals surface area contributed by atoms with Gasteiger partial charge in [0, 0.05) is 0 Å². The molecule has 0 amide bonds. The summed E-state index contributed by atoms with van der Waals surface area (Å²) in [5.41, 5.74) is 2.75. The summed E-state index contributed by atoms with van der Waals surface area (Å²) in [7, 11) is 0. The maximum Gasteiger partial charge on any atom is 3.00 e. The molecule has 0 unspecified atom stereocenters. The molecule has 0 aromatic carbocycles. The second-order valence-electron chi connectivity index (χ2n) is 2.87. The third kappa shape index (κ3) is 3430. The summed E-state index contributed by atoms with van der Waals surface area (Å²) in [6.07, 6.45) is 0. The Morgan fingerprint density at radius 1 is 0.692 bits per heavy atom. The molecule has 0 N–H and O–H groups in total. The van der Waals surface area contributed by atoms with E-state index in [1.165, 1.54) is 0 Å². The van der Waals surface area contributed by atoms with Crippen LogP contribution >= 0.6 is 0 Å². The Kier molecular flexibility index (Phi) is 30.8. The van der Waals surface area contributed by atoms with Crippen molar-refractivity contribution in [3.63, 3.8) is 0 Å². The number of hydrogen-bond acceptors (Lipinski definition) is 0. The Bertz CT molecular complexity index is 103. The van der Waals surface area contributed by atoms with Crippen LogP contribution in [0.3, 0.4) is 0 Å². The fourth-order valence-electron chi connectivity index (χ4n) is 0. The fraction of sp³-hybridized carbons (Fsp3) is 0.250. The van der Waals surface area contributed by atoms with E-state index in [4.69, 9.17) is 0 Å². The summed E-state index contributed by atoms with van der Waals surface area (Å²) in [6, 6.07) is 0. The van der Waals surface area contributed by atoms with Crippen molar-refractivity contribution in [1.82, 2.24) is 0 Å². The first-order chi connectivity index (χ1) is 5.20. The monoisotopic (exact) mass is 267 g/mol.